The second-order valence-electron chi connectivity index (χ2n) is 5.03. The zero-order valence-electron chi connectivity index (χ0n) is 12.1. The Morgan fingerprint density at radius 1 is 1.38 bits per heavy atom. The fourth-order valence-corrected chi connectivity index (χ4v) is 2.06. The van der Waals surface area contributed by atoms with Crippen molar-refractivity contribution in [2.45, 2.75) is 31.8 Å². The van der Waals surface area contributed by atoms with E-state index in [1.54, 1.807) is 24.3 Å². The monoisotopic (exact) mass is 291 g/mol. The van der Waals surface area contributed by atoms with Gasteiger partial charge in [-0.25, -0.2) is 0 Å². The number of rotatable bonds is 7. The topological polar surface area (TPSA) is 93.4 Å². The molecule has 0 radical (unpaired) electrons. The van der Waals surface area contributed by atoms with Gasteiger partial charge in [0.05, 0.1) is 12.6 Å². The van der Waals surface area contributed by atoms with Crippen LogP contribution in [0.4, 0.5) is 0 Å². The van der Waals surface area contributed by atoms with Crippen molar-refractivity contribution in [3.63, 3.8) is 0 Å². The van der Waals surface area contributed by atoms with Crippen LogP contribution < -0.4 is 21.1 Å². The van der Waals surface area contributed by atoms with Crippen LogP contribution in [0.15, 0.2) is 24.3 Å². The summed E-state index contributed by atoms with van der Waals surface area (Å²) in [5.74, 6) is 0.257. The fraction of sp³-hybridized carbons (Fsp3) is 0.467. The average molecular weight is 291 g/mol. The van der Waals surface area contributed by atoms with Crippen LogP contribution in [0.2, 0.25) is 0 Å². The van der Waals surface area contributed by atoms with Gasteiger partial charge in [-0.05, 0) is 30.7 Å². The summed E-state index contributed by atoms with van der Waals surface area (Å²) in [6.45, 7) is 3.07. The molecule has 4 N–H and O–H groups in total. The van der Waals surface area contributed by atoms with E-state index in [2.05, 4.69) is 17.6 Å². The number of nitrogens with one attached hydrogen (secondary N) is 2. The zero-order valence-corrected chi connectivity index (χ0v) is 12.1. The molecule has 1 aromatic carbocycles. The Bertz CT molecular complexity index is 501. The average Bonchev–Trinajstić information content (AvgIpc) is 2.50. The SMILES string of the molecule is CCCCOc1ccc(C(=O)NC2C(=O)NC2CN)cc1. The molecular weight excluding hydrogens is 270 g/mol. The van der Waals surface area contributed by atoms with Crippen LogP contribution in [0, 0.1) is 0 Å². The molecule has 6 nitrogen and oxygen atoms in total. The first-order valence-electron chi connectivity index (χ1n) is 7.20. The van der Waals surface area contributed by atoms with Crippen LogP contribution in [0.25, 0.3) is 0 Å². The Morgan fingerprint density at radius 3 is 2.67 bits per heavy atom. The van der Waals surface area contributed by atoms with Crippen molar-refractivity contribution in [3.05, 3.63) is 29.8 Å². The highest BCUT2D eigenvalue weighted by Gasteiger charge is 2.39. The number of hydrogen-bond donors (Lipinski definition) is 3. The third-order valence-electron chi connectivity index (χ3n) is 3.44. The van der Waals surface area contributed by atoms with E-state index < -0.39 is 6.04 Å². The van der Waals surface area contributed by atoms with Gasteiger partial charge in [0.2, 0.25) is 5.91 Å². The van der Waals surface area contributed by atoms with Crippen molar-refractivity contribution in [1.82, 2.24) is 10.6 Å². The predicted molar refractivity (Wildman–Crippen MR) is 79.1 cm³/mol. The molecule has 0 aromatic heterocycles. The molecule has 1 aliphatic heterocycles. The highest BCUT2D eigenvalue weighted by molar-refractivity contribution is 5.99. The maximum atomic E-state index is 12.1. The number of benzene rings is 1. The summed E-state index contributed by atoms with van der Waals surface area (Å²) >= 11 is 0. The van der Waals surface area contributed by atoms with Gasteiger partial charge >= 0.3 is 0 Å². The molecule has 0 spiro atoms. The first kappa shape index (κ1) is 15.3. The van der Waals surface area contributed by atoms with Crippen molar-refractivity contribution in [1.29, 1.82) is 0 Å². The van der Waals surface area contributed by atoms with Crippen molar-refractivity contribution in [2.75, 3.05) is 13.2 Å². The van der Waals surface area contributed by atoms with Gasteiger partial charge in [-0.1, -0.05) is 13.3 Å². The third-order valence-corrected chi connectivity index (χ3v) is 3.44. The Kier molecular flexibility index (Phi) is 5.16. The van der Waals surface area contributed by atoms with Crippen LogP contribution in [0.1, 0.15) is 30.1 Å². The summed E-state index contributed by atoms with van der Waals surface area (Å²) in [7, 11) is 0. The van der Waals surface area contributed by atoms with Crippen LogP contribution in [-0.4, -0.2) is 37.0 Å². The van der Waals surface area contributed by atoms with Crippen molar-refractivity contribution in [3.8, 4) is 5.75 Å². The molecule has 0 aliphatic carbocycles. The van der Waals surface area contributed by atoms with E-state index in [9.17, 15) is 9.59 Å². The molecule has 6 heteroatoms. The van der Waals surface area contributed by atoms with E-state index in [4.69, 9.17) is 10.5 Å². The Hall–Kier alpha value is -2.08. The number of hydrogen-bond acceptors (Lipinski definition) is 4. The van der Waals surface area contributed by atoms with Gasteiger partial charge in [0.15, 0.2) is 0 Å². The summed E-state index contributed by atoms with van der Waals surface area (Å²) in [6, 6.07) is 6.16. The first-order chi connectivity index (χ1) is 10.2. The van der Waals surface area contributed by atoms with Crippen molar-refractivity contribution < 1.29 is 14.3 Å². The number of nitrogens with two attached hydrogens (primary N) is 1. The lowest BCUT2D eigenvalue weighted by atomic mass is 9.98. The lowest BCUT2D eigenvalue weighted by Gasteiger charge is -2.36. The Labute approximate surface area is 124 Å². The number of carbonyl (C=O) groups excluding carboxylic acids is 2. The molecule has 1 heterocycles. The zero-order chi connectivity index (χ0) is 15.2. The van der Waals surface area contributed by atoms with E-state index in [0.29, 0.717) is 18.7 Å². The van der Waals surface area contributed by atoms with E-state index in [1.807, 2.05) is 0 Å². The summed E-state index contributed by atoms with van der Waals surface area (Å²) in [5, 5.41) is 5.32. The van der Waals surface area contributed by atoms with Gasteiger partial charge in [0.25, 0.3) is 5.91 Å². The molecule has 1 saturated heterocycles. The minimum absolute atomic E-state index is 0.182. The van der Waals surface area contributed by atoms with Crippen LogP contribution >= 0.6 is 0 Å². The second-order valence-corrected chi connectivity index (χ2v) is 5.03. The van der Waals surface area contributed by atoms with E-state index in [0.717, 1.165) is 18.6 Å². The molecule has 2 rings (SSSR count). The fourth-order valence-electron chi connectivity index (χ4n) is 2.06. The lowest BCUT2D eigenvalue weighted by Crippen LogP contribution is -2.71. The minimum Gasteiger partial charge on any atom is -0.494 e. The Morgan fingerprint density at radius 2 is 2.10 bits per heavy atom. The van der Waals surface area contributed by atoms with Gasteiger partial charge in [0.1, 0.15) is 11.8 Å². The Balaban J connectivity index is 1.89. The lowest BCUT2D eigenvalue weighted by molar-refractivity contribution is -0.131. The molecule has 1 fully saturated rings. The molecule has 2 atom stereocenters. The molecule has 0 saturated carbocycles. The van der Waals surface area contributed by atoms with Gasteiger partial charge in [-0.2, -0.15) is 0 Å². The maximum absolute atomic E-state index is 12.1. The molecule has 1 aliphatic rings. The van der Waals surface area contributed by atoms with Gasteiger partial charge in [-0.15, -0.1) is 0 Å². The van der Waals surface area contributed by atoms with Gasteiger partial charge in [0, 0.05) is 12.1 Å². The van der Waals surface area contributed by atoms with E-state index in [-0.39, 0.29) is 17.9 Å². The maximum Gasteiger partial charge on any atom is 0.251 e. The highest BCUT2D eigenvalue weighted by atomic mass is 16.5. The first-order valence-corrected chi connectivity index (χ1v) is 7.20. The molecule has 114 valence electrons. The summed E-state index contributed by atoms with van der Waals surface area (Å²) < 4.78 is 5.53. The van der Waals surface area contributed by atoms with Crippen molar-refractivity contribution >= 4 is 11.8 Å². The summed E-state index contributed by atoms with van der Waals surface area (Å²) in [5.41, 5.74) is 5.99. The van der Waals surface area contributed by atoms with Crippen LogP contribution in [0.5, 0.6) is 5.75 Å². The summed E-state index contributed by atoms with van der Waals surface area (Å²) in [4.78, 5) is 23.4. The van der Waals surface area contributed by atoms with Crippen molar-refractivity contribution in [2.24, 2.45) is 5.73 Å². The minimum atomic E-state index is -0.539. The molecule has 2 amide bonds. The standard InChI is InChI=1S/C15H21N3O3/c1-2-3-8-21-11-6-4-10(5-7-11)14(19)18-13-12(9-16)17-15(13)20/h4-7,12-13H,2-3,8-9,16H2,1H3,(H,17,20)(H,18,19). The number of amides is 2. The van der Waals surface area contributed by atoms with E-state index in [1.165, 1.54) is 0 Å². The smallest absolute Gasteiger partial charge is 0.251 e. The number of carbonyl (C=O) groups is 2. The second kappa shape index (κ2) is 7.08. The molecule has 21 heavy (non-hydrogen) atoms. The van der Waals surface area contributed by atoms with Crippen LogP contribution in [0.3, 0.4) is 0 Å². The van der Waals surface area contributed by atoms with Gasteiger partial charge < -0.3 is 21.1 Å². The third kappa shape index (κ3) is 3.72. The van der Waals surface area contributed by atoms with Gasteiger partial charge in [-0.3, -0.25) is 9.59 Å². The van der Waals surface area contributed by atoms with Crippen LogP contribution in [-0.2, 0) is 4.79 Å². The molecule has 0 bridgehead atoms. The summed E-state index contributed by atoms with van der Waals surface area (Å²) in [6.07, 6.45) is 2.08. The number of β-lactam (4-membered cyclic amide) rings is 1. The number of ether oxygens (including phenoxy) is 1. The van der Waals surface area contributed by atoms with E-state index >= 15 is 0 Å². The quantitative estimate of drug-likeness (QED) is 0.501. The highest BCUT2D eigenvalue weighted by Crippen LogP contribution is 2.13. The molecular formula is C15H21N3O3. The molecule has 2 unspecified atom stereocenters. The number of unbranched alkanes of at least 4 members (excludes halogenated alkanes) is 1. The predicted octanol–water partition coefficient (Wildman–Crippen LogP) is 0.421. The largest absolute Gasteiger partial charge is 0.494 e. The molecule has 1 aromatic rings. The normalized spacial score (nSPS) is 20.4.